The summed E-state index contributed by atoms with van der Waals surface area (Å²) in [5.41, 5.74) is 1.27. The highest BCUT2D eigenvalue weighted by molar-refractivity contribution is 6.39. The van der Waals surface area contributed by atoms with Crippen LogP contribution in [0.15, 0.2) is 47.6 Å². The number of esters is 1. The van der Waals surface area contributed by atoms with Crippen LogP contribution in [-0.2, 0) is 47.7 Å². The van der Waals surface area contributed by atoms with E-state index in [4.69, 9.17) is 23.7 Å². The highest BCUT2D eigenvalue weighted by atomic mass is 16.6. The van der Waals surface area contributed by atoms with E-state index in [2.05, 4.69) is 0 Å². The van der Waals surface area contributed by atoms with Crippen LogP contribution in [0.1, 0.15) is 126 Å². The predicted octanol–water partition coefficient (Wildman–Crippen LogP) is 6.18. The normalized spacial score (nSPS) is 39.1. The van der Waals surface area contributed by atoms with Crippen molar-refractivity contribution < 1.29 is 63.0 Å². The molecule has 1 amide bonds. The van der Waals surface area contributed by atoms with Gasteiger partial charge in [-0.2, -0.15) is 0 Å². The molecule has 15 atom stereocenters. The number of Topliss-reactive ketones (excluding diaryl/α,β-unsaturated/α-hetero) is 3. The van der Waals surface area contributed by atoms with Gasteiger partial charge in [0.1, 0.15) is 30.1 Å². The van der Waals surface area contributed by atoms with E-state index >= 15 is 0 Å². The van der Waals surface area contributed by atoms with Gasteiger partial charge in [0.2, 0.25) is 5.79 Å². The second kappa shape index (κ2) is 25.1. The van der Waals surface area contributed by atoms with E-state index in [0.717, 1.165) is 12.0 Å². The average molecular weight is 914 g/mol. The first-order chi connectivity index (χ1) is 30.7. The van der Waals surface area contributed by atoms with Gasteiger partial charge in [0.05, 0.1) is 24.4 Å². The third kappa shape index (κ3) is 14.3. The molecule has 0 aromatic rings. The Morgan fingerprint density at radius 2 is 1.57 bits per heavy atom. The Morgan fingerprint density at radius 3 is 2.25 bits per heavy atom. The number of aliphatic hydroxyl groups excluding tert-OH is 2. The van der Waals surface area contributed by atoms with Gasteiger partial charge in [-0.25, -0.2) is 4.79 Å². The molecular weight excluding hydrogens is 835 g/mol. The fourth-order valence-electron chi connectivity index (χ4n) is 10.1. The number of rotatable bonds is 6. The molecule has 0 radical (unpaired) electrons. The SMILES string of the molecule is CO[C@H]1CC2CC[C@@H](C)[C@@](O)(O2)C(=O)C(=O)N2CCCC[C@H]2C(=O)OC([C@H](C)C[C@@H]2CC[C@@H](O)[C@H](OC)C2)CC(=O)[C@H](C)/C=C(\C)[C@@H](O)[C@@H](OC)C(=O)[C@H](C)C[C@H](C)/C=C/C=CC=C1C. The first-order valence-corrected chi connectivity index (χ1v) is 23.9. The molecule has 65 heavy (non-hydrogen) atoms. The minimum absolute atomic E-state index is 0.0193. The topological polar surface area (TPSA) is 195 Å². The van der Waals surface area contributed by atoms with Crippen LogP contribution in [-0.4, -0.2) is 132 Å². The number of hydrogen-bond acceptors (Lipinski definition) is 13. The predicted molar refractivity (Wildman–Crippen MR) is 245 cm³/mol. The molecule has 1 aliphatic carbocycles. The van der Waals surface area contributed by atoms with Crippen LogP contribution in [0.3, 0.4) is 0 Å². The molecule has 2 saturated heterocycles. The van der Waals surface area contributed by atoms with E-state index in [9.17, 15) is 39.3 Å². The van der Waals surface area contributed by atoms with Gasteiger partial charge in [0.25, 0.3) is 11.7 Å². The maximum absolute atomic E-state index is 14.4. The Kier molecular flexibility index (Phi) is 21.0. The number of fused-ring (bicyclic) bond motifs is 3. The van der Waals surface area contributed by atoms with Crippen molar-refractivity contribution in [1.29, 1.82) is 0 Å². The number of cyclic esters (lactones) is 1. The first-order valence-electron chi connectivity index (χ1n) is 23.9. The summed E-state index contributed by atoms with van der Waals surface area (Å²) in [6.45, 7) is 12.7. The number of carbonyl (C=O) groups is 5. The number of methoxy groups -OCH3 is 3. The van der Waals surface area contributed by atoms with Crippen molar-refractivity contribution in [1.82, 2.24) is 4.90 Å². The van der Waals surface area contributed by atoms with E-state index in [1.165, 1.54) is 12.0 Å². The molecule has 4 rings (SSSR count). The molecule has 0 spiro atoms. The fraction of sp³-hybridized carbons (Fsp3) is 0.745. The van der Waals surface area contributed by atoms with Crippen LogP contribution >= 0.6 is 0 Å². The zero-order valence-electron chi connectivity index (χ0n) is 40.6. The van der Waals surface area contributed by atoms with Crippen molar-refractivity contribution in [2.45, 2.75) is 180 Å². The standard InChI is InChI=1S/C51H79NO13/c1-30-16-12-11-13-17-31(2)42(61-8)28-38-21-19-36(7)51(60,65-38)48(57)49(58)52-23-15-14-18-39(52)50(59)64-43(33(4)26-37-20-22-40(53)44(27-37)62-9)29-41(54)32(3)25-35(6)46(56)47(63-10)45(55)34(5)24-30/h11-13,16-17,25,30,32-34,36-40,42-44,46-47,53,56,60H,14-15,18-24,26-29H2,1-10H3/b13-11?,16-12+,31-17?,35-25+/t30-,32-,33-,34-,36-,37+,38?,39+,40-,42+,43?,44-,46-,47+,51-/m1/s1. The summed E-state index contributed by atoms with van der Waals surface area (Å²) < 4.78 is 29.4. The summed E-state index contributed by atoms with van der Waals surface area (Å²) >= 11 is 0. The Morgan fingerprint density at radius 1 is 0.846 bits per heavy atom. The molecule has 2 bridgehead atoms. The van der Waals surface area contributed by atoms with Crippen LogP contribution in [0.25, 0.3) is 0 Å². The lowest BCUT2D eigenvalue weighted by molar-refractivity contribution is -0.265. The van der Waals surface area contributed by atoms with Crippen LogP contribution in [0.5, 0.6) is 0 Å². The third-order valence-electron chi connectivity index (χ3n) is 14.5. The van der Waals surface area contributed by atoms with Crippen LogP contribution in [0, 0.1) is 35.5 Å². The number of allylic oxidation sites excluding steroid dienone is 6. The highest BCUT2D eigenvalue weighted by Gasteiger charge is 2.53. The average Bonchev–Trinajstić information content (AvgIpc) is 3.28. The summed E-state index contributed by atoms with van der Waals surface area (Å²) in [4.78, 5) is 71.8. The summed E-state index contributed by atoms with van der Waals surface area (Å²) in [6, 6.07) is -1.14. The van der Waals surface area contributed by atoms with E-state index in [1.807, 2.05) is 58.1 Å². The Bertz CT molecular complexity index is 1760. The van der Waals surface area contributed by atoms with Gasteiger partial charge in [0, 0.05) is 58.5 Å². The number of hydrogen-bond donors (Lipinski definition) is 3. The van der Waals surface area contributed by atoms with Gasteiger partial charge in [-0.05, 0) is 107 Å². The second-order valence-electron chi connectivity index (χ2n) is 19.6. The zero-order valence-corrected chi connectivity index (χ0v) is 40.6. The molecule has 0 aromatic carbocycles. The highest BCUT2D eigenvalue weighted by Crippen LogP contribution is 2.38. The maximum Gasteiger partial charge on any atom is 0.329 e. The lowest BCUT2D eigenvalue weighted by atomic mass is 9.78. The molecule has 1 saturated carbocycles. The second-order valence-corrected chi connectivity index (χ2v) is 19.6. The number of piperidine rings is 1. The van der Waals surface area contributed by atoms with Crippen molar-refractivity contribution in [2.75, 3.05) is 27.9 Å². The monoisotopic (exact) mass is 914 g/mol. The number of amides is 1. The summed E-state index contributed by atoms with van der Waals surface area (Å²) in [5.74, 6) is -7.96. The fourth-order valence-corrected chi connectivity index (χ4v) is 10.1. The van der Waals surface area contributed by atoms with Gasteiger partial charge < -0.3 is 43.9 Å². The third-order valence-corrected chi connectivity index (χ3v) is 14.5. The molecule has 3 N–H and O–H groups in total. The molecular formula is C51H79NO13. The van der Waals surface area contributed by atoms with E-state index in [-0.39, 0.29) is 54.8 Å². The number of ketones is 3. The Balaban J connectivity index is 1.70. The molecule has 2 unspecified atom stereocenters. The molecule has 3 heterocycles. The van der Waals surface area contributed by atoms with Gasteiger partial charge in [-0.3, -0.25) is 19.2 Å². The minimum atomic E-state index is -2.43. The van der Waals surface area contributed by atoms with E-state index < -0.39 is 83.9 Å². The van der Waals surface area contributed by atoms with Gasteiger partial charge in [0.15, 0.2) is 5.78 Å². The molecule has 4 aliphatic rings. The molecule has 0 aromatic heterocycles. The Labute approximate surface area is 387 Å². The summed E-state index contributed by atoms with van der Waals surface area (Å²) in [6.07, 6.45) is 11.2. The molecule has 3 aliphatic heterocycles. The zero-order chi connectivity index (χ0) is 48.2. The van der Waals surface area contributed by atoms with Crippen molar-refractivity contribution in [3.63, 3.8) is 0 Å². The van der Waals surface area contributed by atoms with E-state index in [0.29, 0.717) is 63.4 Å². The summed E-state index contributed by atoms with van der Waals surface area (Å²) in [5, 5.41) is 33.8. The van der Waals surface area contributed by atoms with E-state index in [1.54, 1.807) is 41.1 Å². The van der Waals surface area contributed by atoms with Gasteiger partial charge in [-0.15, -0.1) is 0 Å². The van der Waals surface area contributed by atoms with Crippen LogP contribution in [0.2, 0.25) is 0 Å². The summed E-state index contributed by atoms with van der Waals surface area (Å²) in [7, 11) is 4.52. The smallest absolute Gasteiger partial charge is 0.329 e. The van der Waals surface area contributed by atoms with Crippen LogP contribution in [0.4, 0.5) is 0 Å². The lowest BCUT2D eigenvalue weighted by Crippen LogP contribution is -2.61. The number of ether oxygens (including phenoxy) is 5. The van der Waals surface area contributed by atoms with Gasteiger partial charge in [-0.1, -0.05) is 71.1 Å². The lowest BCUT2D eigenvalue weighted by Gasteiger charge is -2.42. The van der Waals surface area contributed by atoms with Crippen molar-refractivity contribution in [2.24, 2.45) is 35.5 Å². The first kappa shape index (κ1) is 54.2. The quantitative estimate of drug-likeness (QED) is 0.156. The van der Waals surface area contributed by atoms with Gasteiger partial charge >= 0.3 is 5.97 Å². The largest absolute Gasteiger partial charge is 0.460 e. The van der Waals surface area contributed by atoms with Crippen molar-refractivity contribution in [3.05, 3.63) is 47.6 Å². The molecule has 14 heteroatoms. The van der Waals surface area contributed by atoms with Crippen molar-refractivity contribution in [3.8, 4) is 0 Å². The number of carbonyl (C=O) groups excluding carboxylic acids is 5. The van der Waals surface area contributed by atoms with Crippen LogP contribution < -0.4 is 0 Å². The molecule has 366 valence electrons. The molecule has 14 nitrogen and oxygen atoms in total. The Hall–Kier alpha value is -3.37. The number of nitrogens with zero attached hydrogens (tertiary/aromatic N) is 1. The van der Waals surface area contributed by atoms with Crippen molar-refractivity contribution >= 4 is 29.2 Å². The number of aliphatic hydroxyl groups is 3. The maximum atomic E-state index is 14.4. The minimum Gasteiger partial charge on any atom is -0.460 e. The molecule has 3 fully saturated rings.